The molecule has 1 heterocycles. The molecule has 0 aromatic heterocycles. The van der Waals surface area contributed by atoms with Gasteiger partial charge in [0.2, 0.25) is 0 Å². The molecule has 0 bridgehead atoms. The van der Waals surface area contributed by atoms with Crippen LogP contribution in [0.5, 0.6) is 0 Å². The van der Waals surface area contributed by atoms with E-state index in [2.05, 4.69) is 4.90 Å². The number of halogens is 2. The first-order chi connectivity index (χ1) is 9.51. The molecule has 1 saturated heterocycles. The molecule has 4 nitrogen and oxygen atoms in total. The smallest absolute Gasteiger partial charge is 0.150 e. The molecule has 1 aliphatic heterocycles. The molecule has 1 N–H and O–H groups in total. The Balaban J connectivity index is 2.09. The maximum atomic E-state index is 13.9. The van der Waals surface area contributed by atoms with Crippen molar-refractivity contribution in [3.05, 3.63) is 29.3 Å². The molecule has 6 heteroatoms. The zero-order valence-corrected chi connectivity index (χ0v) is 11.3. The first-order valence-electron chi connectivity index (χ1n) is 6.55. The summed E-state index contributed by atoms with van der Waals surface area (Å²) in [6.45, 7) is 4.55. The number of rotatable bonds is 3. The van der Waals surface area contributed by atoms with E-state index in [1.807, 2.05) is 0 Å². The normalized spacial score (nSPS) is 17.9. The van der Waals surface area contributed by atoms with Gasteiger partial charge >= 0.3 is 0 Å². The molecule has 0 saturated carbocycles. The minimum atomic E-state index is -0.703. The van der Waals surface area contributed by atoms with Crippen molar-refractivity contribution in [3.63, 3.8) is 0 Å². The van der Waals surface area contributed by atoms with Gasteiger partial charge in [0.1, 0.15) is 5.69 Å². The van der Waals surface area contributed by atoms with E-state index >= 15 is 0 Å². The van der Waals surface area contributed by atoms with Gasteiger partial charge in [0.05, 0.1) is 17.7 Å². The van der Waals surface area contributed by atoms with Crippen LogP contribution in [0.3, 0.4) is 0 Å². The lowest BCUT2D eigenvalue weighted by Gasteiger charge is -2.36. The van der Waals surface area contributed by atoms with Crippen LogP contribution in [-0.2, 0) is 0 Å². The van der Waals surface area contributed by atoms with Crippen molar-refractivity contribution in [2.75, 3.05) is 37.6 Å². The zero-order chi connectivity index (χ0) is 14.7. The summed E-state index contributed by atoms with van der Waals surface area (Å²) in [6.07, 6.45) is -0.412. The van der Waals surface area contributed by atoms with E-state index < -0.39 is 17.7 Å². The molecule has 1 atom stereocenters. The third-order valence-electron chi connectivity index (χ3n) is 3.36. The summed E-state index contributed by atoms with van der Waals surface area (Å²) < 4.78 is 27.8. The van der Waals surface area contributed by atoms with Crippen LogP contribution in [0.4, 0.5) is 14.5 Å². The third kappa shape index (κ3) is 3.24. The first-order valence-corrected chi connectivity index (χ1v) is 6.55. The minimum Gasteiger partial charge on any atom is -0.392 e. The summed E-state index contributed by atoms with van der Waals surface area (Å²) in [7, 11) is 0. The number of nitriles is 1. The van der Waals surface area contributed by atoms with Crippen LogP contribution < -0.4 is 4.90 Å². The predicted molar refractivity (Wildman–Crippen MR) is 71.4 cm³/mol. The van der Waals surface area contributed by atoms with Gasteiger partial charge in [-0.25, -0.2) is 8.78 Å². The molecule has 20 heavy (non-hydrogen) atoms. The van der Waals surface area contributed by atoms with E-state index in [-0.39, 0.29) is 11.3 Å². The number of hydrogen-bond donors (Lipinski definition) is 1. The standard InChI is InChI=1S/C14H17F2N3O/c1-10(20)9-18-2-4-19(5-3-18)14-12(15)6-11(8-17)7-13(14)16/h6-7,10,20H,2-5,9H2,1H3/t10-/m1/s1. The van der Waals surface area contributed by atoms with Crippen LogP contribution >= 0.6 is 0 Å². The molecule has 1 aromatic rings. The molecule has 0 unspecified atom stereocenters. The van der Waals surface area contributed by atoms with Crippen molar-refractivity contribution in [1.29, 1.82) is 5.26 Å². The number of aliphatic hydroxyl groups excluding tert-OH is 1. The molecule has 1 aliphatic rings. The lowest BCUT2D eigenvalue weighted by atomic mass is 10.1. The minimum absolute atomic E-state index is 0.0171. The zero-order valence-electron chi connectivity index (χ0n) is 11.3. The lowest BCUT2D eigenvalue weighted by Crippen LogP contribution is -2.48. The molecule has 108 valence electrons. The summed E-state index contributed by atoms with van der Waals surface area (Å²) in [5.74, 6) is -1.41. The Hall–Kier alpha value is -1.71. The fourth-order valence-corrected chi connectivity index (χ4v) is 2.46. The number of benzene rings is 1. The summed E-state index contributed by atoms with van der Waals surface area (Å²) in [4.78, 5) is 3.70. The van der Waals surface area contributed by atoms with Gasteiger partial charge in [-0.05, 0) is 19.1 Å². The van der Waals surface area contributed by atoms with Gasteiger partial charge < -0.3 is 10.0 Å². The first kappa shape index (κ1) is 14.7. The van der Waals surface area contributed by atoms with Crippen molar-refractivity contribution in [3.8, 4) is 6.07 Å². The van der Waals surface area contributed by atoms with E-state index in [0.29, 0.717) is 32.7 Å². The van der Waals surface area contributed by atoms with Gasteiger partial charge in [-0.15, -0.1) is 0 Å². The van der Waals surface area contributed by atoms with Crippen LogP contribution in [0, 0.1) is 23.0 Å². The van der Waals surface area contributed by atoms with Crippen LogP contribution in [-0.4, -0.2) is 48.8 Å². The molecule has 0 radical (unpaired) electrons. The molecule has 0 spiro atoms. The average molecular weight is 281 g/mol. The van der Waals surface area contributed by atoms with E-state index in [9.17, 15) is 13.9 Å². The van der Waals surface area contributed by atoms with Crippen molar-refractivity contribution in [1.82, 2.24) is 4.90 Å². The SMILES string of the molecule is C[C@@H](O)CN1CCN(c2c(F)cc(C#N)cc2F)CC1. The van der Waals surface area contributed by atoms with Crippen LogP contribution in [0.25, 0.3) is 0 Å². The van der Waals surface area contributed by atoms with Gasteiger partial charge in [0.25, 0.3) is 0 Å². The number of piperazine rings is 1. The summed E-state index contributed by atoms with van der Waals surface area (Å²) in [5.41, 5.74) is -0.0859. The number of hydrogen-bond acceptors (Lipinski definition) is 4. The Morgan fingerprint density at radius 3 is 2.25 bits per heavy atom. The number of β-amino-alcohol motifs (C(OH)–C–C–N with tert-alkyl or cyclic N) is 1. The lowest BCUT2D eigenvalue weighted by molar-refractivity contribution is 0.122. The van der Waals surface area contributed by atoms with Gasteiger partial charge in [-0.3, -0.25) is 4.90 Å². The molecule has 0 amide bonds. The van der Waals surface area contributed by atoms with Crippen molar-refractivity contribution < 1.29 is 13.9 Å². The largest absolute Gasteiger partial charge is 0.392 e. The monoisotopic (exact) mass is 281 g/mol. The highest BCUT2D eigenvalue weighted by molar-refractivity contribution is 5.53. The number of anilines is 1. The van der Waals surface area contributed by atoms with E-state index in [0.717, 1.165) is 12.1 Å². The molecule has 0 aliphatic carbocycles. The number of aliphatic hydroxyl groups is 1. The van der Waals surface area contributed by atoms with Gasteiger partial charge in [-0.1, -0.05) is 0 Å². The third-order valence-corrected chi connectivity index (χ3v) is 3.36. The summed E-state index contributed by atoms with van der Waals surface area (Å²) in [6, 6.07) is 3.85. The van der Waals surface area contributed by atoms with Crippen molar-refractivity contribution in [2.24, 2.45) is 0 Å². The van der Waals surface area contributed by atoms with Gasteiger partial charge in [-0.2, -0.15) is 5.26 Å². The van der Waals surface area contributed by atoms with Crippen molar-refractivity contribution >= 4 is 5.69 Å². The Morgan fingerprint density at radius 1 is 1.25 bits per heavy atom. The second kappa shape index (κ2) is 6.16. The molecular formula is C14H17F2N3O. The van der Waals surface area contributed by atoms with Crippen LogP contribution in [0.1, 0.15) is 12.5 Å². The van der Waals surface area contributed by atoms with Crippen LogP contribution in [0.15, 0.2) is 12.1 Å². The van der Waals surface area contributed by atoms with E-state index in [1.54, 1.807) is 17.9 Å². The maximum Gasteiger partial charge on any atom is 0.150 e. The summed E-state index contributed by atoms with van der Waals surface area (Å²) in [5, 5.41) is 18.0. The molecule has 2 rings (SSSR count). The fourth-order valence-electron chi connectivity index (χ4n) is 2.46. The fraction of sp³-hybridized carbons (Fsp3) is 0.500. The highest BCUT2D eigenvalue weighted by atomic mass is 19.1. The quantitative estimate of drug-likeness (QED) is 0.908. The number of nitrogens with zero attached hydrogens (tertiary/aromatic N) is 3. The Kier molecular flexibility index (Phi) is 4.53. The van der Waals surface area contributed by atoms with E-state index in [1.165, 1.54) is 0 Å². The van der Waals surface area contributed by atoms with Gasteiger partial charge in [0, 0.05) is 32.7 Å². The second-order valence-corrected chi connectivity index (χ2v) is 5.04. The maximum absolute atomic E-state index is 13.9. The summed E-state index contributed by atoms with van der Waals surface area (Å²) >= 11 is 0. The molecule has 1 fully saturated rings. The Morgan fingerprint density at radius 2 is 1.80 bits per heavy atom. The molecular weight excluding hydrogens is 264 g/mol. The molecule has 1 aromatic carbocycles. The average Bonchev–Trinajstić information content (AvgIpc) is 2.39. The second-order valence-electron chi connectivity index (χ2n) is 5.04. The predicted octanol–water partition coefficient (Wildman–Crippen LogP) is 1.34. The highest BCUT2D eigenvalue weighted by Gasteiger charge is 2.23. The van der Waals surface area contributed by atoms with Crippen molar-refractivity contribution in [2.45, 2.75) is 13.0 Å². The Bertz CT molecular complexity index is 497. The Labute approximate surface area is 116 Å². The highest BCUT2D eigenvalue weighted by Crippen LogP contribution is 2.25. The van der Waals surface area contributed by atoms with Crippen LogP contribution in [0.2, 0.25) is 0 Å². The topological polar surface area (TPSA) is 50.5 Å². The van der Waals surface area contributed by atoms with E-state index in [4.69, 9.17) is 5.26 Å². The van der Waals surface area contributed by atoms with Gasteiger partial charge in [0.15, 0.2) is 11.6 Å².